The molecule has 0 radical (unpaired) electrons. The van der Waals surface area contributed by atoms with Gasteiger partial charge in [0.05, 0.1) is 12.7 Å². The van der Waals surface area contributed by atoms with E-state index in [1.165, 1.54) is 31.4 Å². The van der Waals surface area contributed by atoms with Crippen LogP contribution < -0.4 is 15.8 Å². The molecule has 0 bridgehead atoms. The van der Waals surface area contributed by atoms with Crippen LogP contribution in [-0.2, 0) is 0 Å². The predicted octanol–water partition coefficient (Wildman–Crippen LogP) is 2.06. The number of halogens is 1. The van der Waals surface area contributed by atoms with E-state index < -0.39 is 11.9 Å². The van der Waals surface area contributed by atoms with Crippen LogP contribution in [-0.4, -0.2) is 18.0 Å². The Morgan fingerprint density at radius 1 is 1.37 bits per heavy atom. The highest BCUT2D eigenvalue weighted by Crippen LogP contribution is 2.20. The number of carbonyl (C=O) groups is 1. The quantitative estimate of drug-likeness (QED) is 0.655. The third kappa shape index (κ3) is 2.98. The van der Waals surface area contributed by atoms with Gasteiger partial charge >= 0.3 is 0 Å². The molecule has 0 aliphatic rings. The number of nitrogen functional groups attached to an aromatic ring is 1. The summed E-state index contributed by atoms with van der Waals surface area (Å²) in [4.78, 5) is 15.5. The largest absolute Gasteiger partial charge is 0.497 e. The standard InChI is InChI=1S/C13H12FN3O2/c1-19-8-5-6-10(15)9(7-8)13(18)17-12-4-2-3-11(14)16-12/h2-7H,15H2,1H3,(H,16,17,18). The Kier molecular flexibility index (Phi) is 3.61. The van der Waals surface area contributed by atoms with E-state index in [4.69, 9.17) is 10.5 Å². The lowest BCUT2D eigenvalue weighted by molar-refractivity contribution is 0.102. The summed E-state index contributed by atoms with van der Waals surface area (Å²) in [5.41, 5.74) is 6.26. The summed E-state index contributed by atoms with van der Waals surface area (Å²) in [6, 6.07) is 8.84. The molecule has 98 valence electrons. The Bertz CT molecular complexity index is 617. The molecule has 0 fully saturated rings. The molecule has 0 atom stereocenters. The molecule has 1 aromatic carbocycles. The highest BCUT2D eigenvalue weighted by Gasteiger charge is 2.12. The van der Waals surface area contributed by atoms with Crippen LogP contribution in [0.15, 0.2) is 36.4 Å². The van der Waals surface area contributed by atoms with E-state index in [-0.39, 0.29) is 11.4 Å². The first-order valence-corrected chi connectivity index (χ1v) is 5.47. The minimum absolute atomic E-state index is 0.118. The van der Waals surface area contributed by atoms with Gasteiger partial charge in [0.1, 0.15) is 11.6 Å². The fourth-order valence-electron chi connectivity index (χ4n) is 1.52. The summed E-state index contributed by atoms with van der Waals surface area (Å²) in [6.07, 6.45) is 0. The van der Waals surface area contributed by atoms with Crippen LogP contribution in [0.4, 0.5) is 15.9 Å². The predicted molar refractivity (Wildman–Crippen MR) is 69.6 cm³/mol. The van der Waals surface area contributed by atoms with Crippen molar-refractivity contribution in [2.24, 2.45) is 0 Å². The lowest BCUT2D eigenvalue weighted by Crippen LogP contribution is -2.15. The van der Waals surface area contributed by atoms with E-state index in [9.17, 15) is 9.18 Å². The first-order chi connectivity index (χ1) is 9.10. The molecule has 0 spiro atoms. The Morgan fingerprint density at radius 2 is 2.16 bits per heavy atom. The van der Waals surface area contributed by atoms with E-state index >= 15 is 0 Å². The fourth-order valence-corrected chi connectivity index (χ4v) is 1.52. The van der Waals surface area contributed by atoms with Gasteiger partial charge in [-0.15, -0.1) is 0 Å². The lowest BCUT2D eigenvalue weighted by atomic mass is 10.1. The van der Waals surface area contributed by atoms with Gasteiger partial charge in [-0.25, -0.2) is 4.98 Å². The molecule has 5 nitrogen and oxygen atoms in total. The summed E-state index contributed by atoms with van der Waals surface area (Å²) >= 11 is 0. The summed E-state index contributed by atoms with van der Waals surface area (Å²) in [5.74, 6) is -0.523. The van der Waals surface area contributed by atoms with Crippen molar-refractivity contribution < 1.29 is 13.9 Å². The van der Waals surface area contributed by atoms with Crippen LogP contribution in [0.1, 0.15) is 10.4 Å². The molecule has 0 aliphatic heterocycles. The zero-order valence-electron chi connectivity index (χ0n) is 10.2. The number of carbonyl (C=O) groups excluding carboxylic acids is 1. The van der Waals surface area contributed by atoms with Crippen LogP contribution in [0.3, 0.4) is 0 Å². The molecular formula is C13H12FN3O2. The summed E-state index contributed by atoms with van der Waals surface area (Å²) in [5, 5.41) is 2.47. The molecule has 0 aliphatic carbocycles. The molecular weight excluding hydrogens is 249 g/mol. The number of rotatable bonds is 3. The number of pyridine rings is 1. The van der Waals surface area contributed by atoms with Crippen LogP contribution in [0.25, 0.3) is 0 Å². The van der Waals surface area contributed by atoms with Gasteiger partial charge < -0.3 is 15.8 Å². The fraction of sp³-hybridized carbons (Fsp3) is 0.0769. The summed E-state index contributed by atoms with van der Waals surface area (Å²) in [7, 11) is 1.49. The average Bonchev–Trinajstić information content (AvgIpc) is 2.39. The zero-order valence-corrected chi connectivity index (χ0v) is 10.2. The lowest BCUT2D eigenvalue weighted by Gasteiger charge is -2.08. The van der Waals surface area contributed by atoms with Crippen LogP contribution >= 0.6 is 0 Å². The van der Waals surface area contributed by atoms with Crippen LogP contribution in [0.2, 0.25) is 0 Å². The number of methoxy groups -OCH3 is 1. The van der Waals surface area contributed by atoms with Crippen molar-refractivity contribution >= 4 is 17.4 Å². The number of hydrogen-bond donors (Lipinski definition) is 2. The average molecular weight is 261 g/mol. The normalized spacial score (nSPS) is 10.0. The van der Waals surface area contributed by atoms with E-state index in [0.29, 0.717) is 11.4 Å². The first-order valence-electron chi connectivity index (χ1n) is 5.47. The molecule has 1 amide bonds. The Balaban J connectivity index is 2.25. The maximum Gasteiger partial charge on any atom is 0.259 e. The van der Waals surface area contributed by atoms with Crippen molar-refractivity contribution in [3.8, 4) is 5.75 Å². The number of amides is 1. The van der Waals surface area contributed by atoms with Gasteiger partial charge in [0.2, 0.25) is 5.95 Å². The molecule has 2 aromatic rings. The second-order valence-electron chi connectivity index (χ2n) is 3.75. The Hall–Kier alpha value is -2.63. The van der Waals surface area contributed by atoms with E-state index in [1.807, 2.05) is 0 Å². The molecule has 0 unspecified atom stereocenters. The number of nitrogens with two attached hydrogens (primary N) is 1. The maximum atomic E-state index is 12.9. The monoisotopic (exact) mass is 261 g/mol. The zero-order chi connectivity index (χ0) is 13.8. The van der Waals surface area contributed by atoms with Gasteiger partial charge in [0.15, 0.2) is 0 Å². The Labute approximate surface area is 109 Å². The SMILES string of the molecule is COc1ccc(N)c(C(=O)Nc2cccc(F)n2)c1. The second kappa shape index (κ2) is 5.34. The van der Waals surface area contributed by atoms with E-state index in [1.54, 1.807) is 12.1 Å². The molecule has 0 saturated heterocycles. The van der Waals surface area contributed by atoms with Gasteiger partial charge in [-0.1, -0.05) is 6.07 Å². The summed E-state index contributed by atoms with van der Waals surface area (Å²) in [6.45, 7) is 0. The van der Waals surface area contributed by atoms with Crippen LogP contribution in [0, 0.1) is 5.95 Å². The van der Waals surface area contributed by atoms with Crippen LogP contribution in [0.5, 0.6) is 5.75 Å². The van der Waals surface area contributed by atoms with E-state index in [0.717, 1.165) is 0 Å². The molecule has 1 heterocycles. The number of aromatic nitrogens is 1. The van der Waals surface area contributed by atoms with Crippen molar-refractivity contribution in [2.75, 3.05) is 18.2 Å². The third-order valence-corrected chi connectivity index (χ3v) is 2.46. The number of hydrogen-bond acceptors (Lipinski definition) is 4. The van der Waals surface area contributed by atoms with Crippen molar-refractivity contribution in [1.29, 1.82) is 0 Å². The number of nitrogens with zero attached hydrogens (tertiary/aromatic N) is 1. The van der Waals surface area contributed by atoms with E-state index in [2.05, 4.69) is 10.3 Å². The number of ether oxygens (including phenoxy) is 1. The Morgan fingerprint density at radius 3 is 2.84 bits per heavy atom. The molecule has 1 aromatic heterocycles. The van der Waals surface area contributed by atoms with Gasteiger partial charge in [-0.05, 0) is 30.3 Å². The van der Waals surface area contributed by atoms with Crippen molar-refractivity contribution in [3.05, 3.63) is 47.9 Å². The highest BCUT2D eigenvalue weighted by molar-refractivity contribution is 6.07. The molecule has 6 heteroatoms. The van der Waals surface area contributed by atoms with Gasteiger partial charge in [0.25, 0.3) is 5.91 Å². The number of benzene rings is 1. The smallest absolute Gasteiger partial charge is 0.259 e. The first kappa shape index (κ1) is 12.8. The molecule has 0 saturated carbocycles. The van der Waals surface area contributed by atoms with Crippen molar-refractivity contribution in [1.82, 2.24) is 4.98 Å². The molecule has 19 heavy (non-hydrogen) atoms. The van der Waals surface area contributed by atoms with Crippen molar-refractivity contribution in [2.45, 2.75) is 0 Å². The van der Waals surface area contributed by atoms with Gasteiger partial charge in [0, 0.05) is 5.69 Å². The van der Waals surface area contributed by atoms with Gasteiger partial charge in [-0.2, -0.15) is 4.39 Å². The minimum atomic E-state index is -0.670. The maximum absolute atomic E-state index is 12.9. The minimum Gasteiger partial charge on any atom is -0.497 e. The third-order valence-electron chi connectivity index (χ3n) is 2.46. The highest BCUT2D eigenvalue weighted by atomic mass is 19.1. The molecule has 3 N–H and O–H groups in total. The number of anilines is 2. The topological polar surface area (TPSA) is 77.2 Å². The number of nitrogens with one attached hydrogen (secondary N) is 1. The molecule has 2 rings (SSSR count). The summed E-state index contributed by atoms with van der Waals surface area (Å²) < 4.78 is 17.9. The van der Waals surface area contributed by atoms with Crippen molar-refractivity contribution in [3.63, 3.8) is 0 Å². The second-order valence-corrected chi connectivity index (χ2v) is 3.75. The van der Waals surface area contributed by atoms with Gasteiger partial charge in [-0.3, -0.25) is 4.79 Å².